The van der Waals surface area contributed by atoms with Crippen LogP contribution in [0.2, 0.25) is 0 Å². The van der Waals surface area contributed by atoms with Crippen LogP contribution in [0.3, 0.4) is 0 Å². The van der Waals surface area contributed by atoms with E-state index >= 15 is 0 Å². The van der Waals surface area contributed by atoms with E-state index in [4.69, 9.17) is 9.47 Å². The second-order valence-corrected chi connectivity index (χ2v) is 5.05. The Kier molecular flexibility index (Phi) is 4.99. The minimum absolute atomic E-state index is 0.606. The molecule has 0 saturated carbocycles. The molecular formula is C18H20O3. The Morgan fingerprint density at radius 3 is 2.19 bits per heavy atom. The Bertz CT molecular complexity index is 592. The highest BCUT2D eigenvalue weighted by atomic mass is 16.5. The summed E-state index contributed by atoms with van der Waals surface area (Å²) in [7, 11) is 1.66. The monoisotopic (exact) mass is 284 g/mol. The number of hydrogen-bond acceptors (Lipinski definition) is 3. The second-order valence-electron chi connectivity index (χ2n) is 5.05. The molecule has 0 spiro atoms. The van der Waals surface area contributed by atoms with Crippen molar-refractivity contribution >= 4 is 6.29 Å². The number of carbonyl (C=O) groups is 1. The first kappa shape index (κ1) is 15.1. The summed E-state index contributed by atoms with van der Waals surface area (Å²) in [6, 6.07) is 11.7. The predicted molar refractivity (Wildman–Crippen MR) is 83.5 cm³/mol. The van der Waals surface area contributed by atoms with Gasteiger partial charge in [0.25, 0.3) is 0 Å². The van der Waals surface area contributed by atoms with Gasteiger partial charge in [-0.2, -0.15) is 0 Å². The lowest BCUT2D eigenvalue weighted by Crippen LogP contribution is -2.04. The molecule has 110 valence electrons. The summed E-state index contributed by atoms with van der Waals surface area (Å²) in [5.74, 6) is 1.73. The summed E-state index contributed by atoms with van der Waals surface area (Å²) in [6.07, 6.45) is 1.69. The summed E-state index contributed by atoms with van der Waals surface area (Å²) in [6.45, 7) is 4.53. The summed E-state index contributed by atoms with van der Waals surface area (Å²) in [4.78, 5) is 10.8. The van der Waals surface area contributed by atoms with Crippen LogP contribution in [0.1, 0.15) is 27.0 Å². The molecule has 0 aliphatic carbocycles. The van der Waals surface area contributed by atoms with Gasteiger partial charge in [-0.1, -0.05) is 12.1 Å². The van der Waals surface area contributed by atoms with E-state index in [0.29, 0.717) is 12.2 Å². The molecule has 21 heavy (non-hydrogen) atoms. The van der Waals surface area contributed by atoms with E-state index in [1.165, 1.54) is 5.56 Å². The normalized spacial score (nSPS) is 10.2. The Morgan fingerprint density at radius 1 is 1.05 bits per heavy atom. The Morgan fingerprint density at radius 2 is 1.67 bits per heavy atom. The van der Waals surface area contributed by atoms with Crippen LogP contribution < -0.4 is 9.47 Å². The zero-order valence-corrected chi connectivity index (χ0v) is 12.7. The molecule has 0 saturated heterocycles. The van der Waals surface area contributed by atoms with Crippen molar-refractivity contribution in [3.8, 4) is 11.5 Å². The summed E-state index contributed by atoms with van der Waals surface area (Å²) in [5, 5.41) is 0. The first-order chi connectivity index (χ1) is 10.1. The van der Waals surface area contributed by atoms with E-state index in [9.17, 15) is 4.79 Å². The van der Waals surface area contributed by atoms with Crippen molar-refractivity contribution < 1.29 is 14.3 Å². The molecule has 0 aliphatic rings. The van der Waals surface area contributed by atoms with Crippen LogP contribution in [0, 0.1) is 13.8 Å². The van der Waals surface area contributed by atoms with Crippen molar-refractivity contribution in [1.29, 1.82) is 0 Å². The SMILES string of the molecule is COc1ccc(CCOc2c(C)cc(C=O)cc2C)cc1. The molecule has 2 rings (SSSR count). The average Bonchev–Trinajstić information content (AvgIpc) is 2.50. The van der Waals surface area contributed by atoms with Gasteiger partial charge in [0, 0.05) is 12.0 Å². The van der Waals surface area contributed by atoms with Gasteiger partial charge in [-0.05, 0) is 54.8 Å². The van der Waals surface area contributed by atoms with Crippen LogP contribution in [0.5, 0.6) is 11.5 Å². The first-order valence-corrected chi connectivity index (χ1v) is 6.96. The number of rotatable bonds is 6. The molecule has 0 bridgehead atoms. The highest BCUT2D eigenvalue weighted by Crippen LogP contribution is 2.24. The molecule has 2 aromatic carbocycles. The summed E-state index contributed by atoms with van der Waals surface area (Å²) in [5.41, 5.74) is 3.88. The fraction of sp³-hybridized carbons (Fsp3) is 0.278. The Labute approximate surface area is 125 Å². The molecule has 3 heteroatoms. The van der Waals surface area contributed by atoms with Crippen molar-refractivity contribution in [3.63, 3.8) is 0 Å². The first-order valence-electron chi connectivity index (χ1n) is 6.96. The van der Waals surface area contributed by atoms with Crippen LogP contribution in [0.15, 0.2) is 36.4 Å². The van der Waals surface area contributed by atoms with Crippen LogP contribution in [-0.2, 0) is 6.42 Å². The van der Waals surface area contributed by atoms with Gasteiger partial charge < -0.3 is 9.47 Å². The molecular weight excluding hydrogens is 264 g/mol. The molecule has 0 radical (unpaired) electrons. The predicted octanol–water partition coefficient (Wildman–Crippen LogP) is 3.75. The molecule has 3 nitrogen and oxygen atoms in total. The second kappa shape index (κ2) is 6.93. The fourth-order valence-corrected chi connectivity index (χ4v) is 2.34. The number of aldehydes is 1. The van der Waals surface area contributed by atoms with Crippen molar-refractivity contribution in [2.24, 2.45) is 0 Å². The topological polar surface area (TPSA) is 35.5 Å². The van der Waals surface area contributed by atoms with Crippen molar-refractivity contribution in [1.82, 2.24) is 0 Å². The molecule has 0 fully saturated rings. The Balaban J connectivity index is 1.98. The number of hydrogen-bond donors (Lipinski definition) is 0. The Hall–Kier alpha value is -2.29. The van der Waals surface area contributed by atoms with Crippen LogP contribution >= 0.6 is 0 Å². The van der Waals surface area contributed by atoms with E-state index in [1.807, 2.05) is 50.2 Å². The van der Waals surface area contributed by atoms with Crippen LogP contribution in [0.4, 0.5) is 0 Å². The third kappa shape index (κ3) is 3.85. The maximum atomic E-state index is 10.8. The molecule has 0 atom stereocenters. The van der Waals surface area contributed by atoms with Gasteiger partial charge in [-0.15, -0.1) is 0 Å². The van der Waals surface area contributed by atoms with E-state index in [0.717, 1.165) is 35.3 Å². The largest absolute Gasteiger partial charge is 0.497 e. The smallest absolute Gasteiger partial charge is 0.150 e. The van der Waals surface area contributed by atoms with Gasteiger partial charge >= 0.3 is 0 Å². The zero-order valence-electron chi connectivity index (χ0n) is 12.7. The van der Waals surface area contributed by atoms with Gasteiger partial charge in [0.2, 0.25) is 0 Å². The maximum Gasteiger partial charge on any atom is 0.150 e. The highest BCUT2D eigenvalue weighted by Gasteiger charge is 2.06. The lowest BCUT2D eigenvalue weighted by atomic mass is 10.1. The number of ether oxygens (including phenoxy) is 2. The van der Waals surface area contributed by atoms with Gasteiger partial charge in [0.1, 0.15) is 17.8 Å². The lowest BCUT2D eigenvalue weighted by molar-refractivity contribution is 0.112. The van der Waals surface area contributed by atoms with Crippen molar-refractivity contribution in [3.05, 3.63) is 58.7 Å². The number of carbonyl (C=O) groups excluding carboxylic acids is 1. The van der Waals surface area contributed by atoms with E-state index in [2.05, 4.69) is 0 Å². The van der Waals surface area contributed by atoms with Crippen molar-refractivity contribution in [2.75, 3.05) is 13.7 Å². The van der Waals surface area contributed by atoms with Crippen LogP contribution in [0.25, 0.3) is 0 Å². The summed E-state index contributed by atoms with van der Waals surface area (Å²) >= 11 is 0. The molecule has 2 aromatic rings. The minimum Gasteiger partial charge on any atom is -0.497 e. The van der Waals surface area contributed by atoms with E-state index in [-0.39, 0.29) is 0 Å². The number of aryl methyl sites for hydroxylation is 2. The number of methoxy groups -OCH3 is 1. The van der Waals surface area contributed by atoms with E-state index in [1.54, 1.807) is 7.11 Å². The highest BCUT2D eigenvalue weighted by molar-refractivity contribution is 5.76. The van der Waals surface area contributed by atoms with Gasteiger partial charge in [-0.25, -0.2) is 0 Å². The van der Waals surface area contributed by atoms with Gasteiger partial charge in [0.05, 0.1) is 13.7 Å². The standard InChI is InChI=1S/C18H20O3/c1-13-10-16(12-19)11-14(2)18(13)21-9-8-15-4-6-17(20-3)7-5-15/h4-7,10-12H,8-9H2,1-3H3. The quantitative estimate of drug-likeness (QED) is 0.758. The van der Waals surface area contributed by atoms with Crippen molar-refractivity contribution in [2.45, 2.75) is 20.3 Å². The van der Waals surface area contributed by atoms with Gasteiger partial charge in [0.15, 0.2) is 0 Å². The lowest BCUT2D eigenvalue weighted by Gasteiger charge is -2.13. The molecule has 0 heterocycles. The van der Waals surface area contributed by atoms with E-state index < -0.39 is 0 Å². The minimum atomic E-state index is 0.606. The maximum absolute atomic E-state index is 10.8. The number of benzene rings is 2. The van der Waals surface area contributed by atoms with Crippen LogP contribution in [-0.4, -0.2) is 20.0 Å². The third-order valence-corrected chi connectivity index (χ3v) is 3.41. The molecule has 0 aromatic heterocycles. The summed E-state index contributed by atoms with van der Waals surface area (Å²) < 4.78 is 11.0. The molecule has 0 aliphatic heterocycles. The average molecular weight is 284 g/mol. The molecule has 0 N–H and O–H groups in total. The third-order valence-electron chi connectivity index (χ3n) is 3.41. The van der Waals surface area contributed by atoms with Gasteiger partial charge in [-0.3, -0.25) is 4.79 Å². The zero-order chi connectivity index (χ0) is 15.2. The fourth-order valence-electron chi connectivity index (χ4n) is 2.34. The molecule has 0 amide bonds. The molecule has 0 unspecified atom stereocenters.